The monoisotopic (exact) mass is 629 g/mol. The molecule has 0 aliphatic rings. The third-order valence-corrected chi connectivity index (χ3v) is 9.06. The molecule has 0 bridgehead atoms. The second kappa shape index (κ2) is 15.6. The summed E-state index contributed by atoms with van der Waals surface area (Å²) in [5.41, 5.74) is 1.03. The highest BCUT2D eigenvalue weighted by Crippen LogP contribution is 2.28. The van der Waals surface area contributed by atoms with Gasteiger partial charge in [-0.15, -0.1) is 0 Å². The summed E-state index contributed by atoms with van der Waals surface area (Å²) in [6, 6.07) is 18.5. The van der Waals surface area contributed by atoms with Crippen molar-refractivity contribution in [3.05, 3.63) is 83.4 Å². The van der Waals surface area contributed by atoms with Crippen molar-refractivity contribution < 1.29 is 27.5 Å². The van der Waals surface area contributed by atoms with E-state index in [1.807, 2.05) is 39.8 Å². The van der Waals surface area contributed by atoms with E-state index in [9.17, 15) is 18.0 Å². The molecule has 2 atom stereocenters. The molecule has 3 aromatic carbocycles. The summed E-state index contributed by atoms with van der Waals surface area (Å²) in [6.45, 7) is 7.53. The minimum Gasteiger partial charge on any atom is -0.497 e. The molecule has 0 aliphatic heterocycles. The van der Waals surface area contributed by atoms with Crippen LogP contribution in [0.2, 0.25) is 5.02 Å². The molecular weight excluding hydrogens is 590 g/mol. The smallest absolute Gasteiger partial charge is 0.264 e. The van der Waals surface area contributed by atoms with Gasteiger partial charge in [0.2, 0.25) is 11.8 Å². The number of carbonyl (C=O) groups is 2. The molecule has 0 saturated heterocycles. The third kappa shape index (κ3) is 8.87. The molecule has 11 heteroatoms. The number of anilines is 1. The van der Waals surface area contributed by atoms with Gasteiger partial charge in [-0.25, -0.2) is 8.42 Å². The van der Waals surface area contributed by atoms with E-state index in [0.717, 1.165) is 16.3 Å². The molecule has 9 nitrogen and oxygen atoms in total. The summed E-state index contributed by atoms with van der Waals surface area (Å²) in [6.07, 6.45) is 1.05. The molecule has 1 N–H and O–H groups in total. The number of halogens is 1. The van der Waals surface area contributed by atoms with E-state index >= 15 is 0 Å². The molecule has 0 radical (unpaired) electrons. The van der Waals surface area contributed by atoms with Crippen molar-refractivity contribution >= 4 is 39.1 Å². The highest BCUT2D eigenvalue weighted by molar-refractivity contribution is 7.92. The quantitative estimate of drug-likeness (QED) is 0.232. The number of sulfonamides is 1. The van der Waals surface area contributed by atoms with Crippen LogP contribution >= 0.6 is 11.6 Å². The zero-order valence-corrected chi connectivity index (χ0v) is 26.8. The highest BCUT2D eigenvalue weighted by atomic mass is 35.5. The van der Waals surface area contributed by atoms with Gasteiger partial charge in [0.05, 0.1) is 24.3 Å². The number of ether oxygens (including phenoxy) is 2. The fraction of sp³-hybridized carbons (Fsp3) is 0.375. The average molecular weight is 630 g/mol. The Kier molecular flexibility index (Phi) is 12.3. The van der Waals surface area contributed by atoms with Crippen LogP contribution in [0.25, 0.3) is 0 Å². The van der Waals surface area contributed by atoms with Gasteiger partial charge < -0.3 is 19.7 Å². The zero-order valence-electron chi connectivity index (χ0n) is 25.2. The van der Waals surface area contributed by atoms with Crippen LogP contribution in [0.3, 0.4) is 0 Å². The fourth-order valence-corrected chi connectivity index (χ4v) is 5.97. The van der Waals surface area contributed by atoms with Crippen LogP contribution in [0.5, 0.6) is 11.5 Å². The lowest BCUT2D eigenvalue weighted by Crippen LogP contribution is -2.53. The normalized spacial score (nSPS) is 12.6. The number of methoxy groups -OCH3 is 1. The molecule has 0 unspecified atom stereocenters. The predicted octanol–water partition coefficient (Wildman–Crippen LogP) is 5.66. The van der Waals surface area contributed by atoms with Crippen LogP contribution in [0, 0.1) is 0 Å². The number of nitrogens with zero attached hydrogens (tertiary/aromatic N) is 2. The van der Waals surface area contributed by atoms with E-state index in [0.29, 0.717) is 29.5 Å². The summed E-state index contributed by atoms with van der Waals surface area (Å²) in [4.78, 5) is 29.0. The van der Waals surface area contributed by atoms with Gasteiger partial charge in [-0.05, 0) is 92.9 Å². The lowest BCUT2D eigenvalue weighted by molar-refractivity contribution is -0.140. The van der Waals surface area contributed by atoms with E-state index in [4.69, 9.17) is 21.1 Å². The summed E-state index contributed by atoms with van der Waals surface area (Å²) < 4.78 is 39.8. The van der Waals surface area contributed by atoms with Gasteiger partial charge in [0.25, 0.3) is 10.0 Å². The second-order valence-corrected chi connectivity index (χ2v) is 12.3. The molecule has 0 heterocycles. The number of rotatable bonds is 15. The molecule has 232 valence electrons. The minimum atomic E-state index is -4.21. The average Bonchev–Trinajstić information content (AvgIpc) is 3.00. The standard InChI is InChI=1S/C32H40ClN3O6S/c1-6-23(4)34-32(38)30(7-2)35(21-24-9-15-27(41-5)16-10-24)31(37)22-36(26-13-17-28(18-14-26)42-8-3)43(39,40)29-19-11-25(33)12-20-29/h9-20,23,30H,6-8,21-22H2,1-5H3,(H,34,38)/t23-,30-/m0/s1. The van der Waals surface area contributed by atoms with Gasteiger partial charge in [0.15, 0.2) is 0 Å². The molecule has 2 amide bonds. The maximum atomic E-state index is 14.2. The molecule has 0 aliphatic carbocycles. The van der Waals surface area contributed by atoms with E-state index in [1.54, 1.807) is 43.5 Å². The first-order valence-electron chi connectivity index (χ1n) is 14.3. The molecular formula is C32H40ClN3O6S. The molecule has 3 rings (SSSR count). The Labute approximate surface area is 259 Å². The molecule has 3 aromatic rings. The maximum absolute atomic E-state index is 14.2. The van der Waals surface area contributed by atoms with Gasteiger partial charge in [-0.1, -0.05) is 37.6 Å². The van der Waals surface area contributed by atoms with Crippen LogP contribution in [0.4, 0.5) is 5.69 Å². The van der Waals surface area contributed by atoms with Gasteiger partial charge in [-0.2, -0.15) is 0 Å². The van der Waals surface area contributed by atoms with Crippen molar-refractivity contribution in [2.24, 2.45) is 0 Å². The van der Waals surface area contributed by atoms with Crippen molar-refractivity contribution in [3.8, 4) is 11.5 Å². The molecule has 0 fully saturated rings. The van der Waals surface area contributed by atoms with Crippen LogP contribution in [-0.4, -0.2) is 57.5 Å². The summed E-state index contributed by atoms with van der Waals surface area (Å²) in [5, 5.41) is 3.35. The highest BCUT2D eigenvalue weighted by Gasteiger charge is 2.34. The number of hydrogen-bond acceptors (Lipinski definition) is 6. The van der Waals surface area contributed by atoms with Gasteiger partial charge in [-0.3, -0.25) is 13.9 Å². The Morgan fingerprint density at radius 2 is 1.49 bits per heavy atom. The summed E-state index contributed by atoms with van der Waals surface area (Å²) in [5.74, 6) is 0.384. The van der Waals surface area contributed by atoms with Crippen molar-refractivity contribution in [2.75, 3.05) is 24.6 Å². The van der Waals surface area contributed by atoms with Crippen LogP contribution in [0.1, 0.15) is 46.1 Å². The number of benzene rings is 3. The Balaban J connectivity index is 2.06. The molecule has 0 aromatic heterocycles. The van der Waals surface area contributed by atoms with Crippen molar-refractivity contribution in [1.82, 2.24) is 10.2 Å². The van der Waals surface area contributed by atoms with Gasteiger partial charge >= 0.3 is 0 Å². The van der Waals surface area contributed by atoms with Crippen molar-refractivity contribution in [1.29, 1.82) is 0 Å². The Hall–Kier alpha value is -3.76. The lowest BCUT2D eigenvalue weighted by atomic mass is 10.1. The molecule has 0 saturated carbocycles. The third-order valence-electron chi connectivity index (χ3n) is 7.02. The first-order valence-corrected chi connectivity index (χ1v) is 16.1. The number of nitrogens with one attached hydrogen (secondary N) is 1. The zero-order chi connectivity index (χ0) is 31.6. The number of hydrogen-bond donors (Lipinski definition) is 1. The number of carbonyl (C=O) groups excluding carboxylic acids is 2. The Morgan fingerprint density at radius 1 is 0.884 bits per heavy atom. The minimum absolute atomic E-state index is 0.0261. The van der Waals surface area contributed by atoms with Crippen LogP contribution in [-0.2, 0) is 26.2 Å². The van der Waals surface area contributed by atoms with Crippen LogP contribution in [0.15, 0.2) is 77.7 Å². The van der Waals surface area contributed by atoms with Gasteiger partial charge in [0, 0.05) is 17.6 Å². The van der Waals surface area contributed by atoms with Crippen LogP contribution < -0.4 is 19.1 Å². The SMILES string of the molecule is CCOc1ccc(N(CC(=O)N(Cc2ccc(OC)cc2)[C@@H](CC)C(=O)N[C@@H](C)CC)S(=O)(=O)c2ccc(Cl)cc2)cc1. The van der Waals surface area contributed by atoms with E-state index < -0.39 is 28.5 Å². The molecule has 0 spiro atoms. The fourth-order valence-electron chi connectivity index (χ4n) is 4.43. The van der Waals surface area contributed by atoms with E-state index in [-0.39, 0.29) is 29.1 Å². The molecule has 43 heavy (non-hydrogen) atoms. The first-order chi connectivity index (χ1) is 20.5. The maximum Gasteiger partial charge on any atom is 0.264 e. The topological polar surface area (TPSA) is 105 Å². The second-order valence-electron chi connectivity index (χ2n) is 10.0. The van der Waals surface area contributed by atoms with E-state index in [1.165, 1.54) is 29.2 Å². The van der Waals surface area contributed by atoms with Crippen molar-refractivity contribution in [2.45, 2.75) is 64.1 Å². The largest absolute Gasteiger partial charge is 0.497 e. The predicted molar refractivity (Wildman–Crippen MR) is 169 cm³/mol. The van der Waals surface area contributed by atoms with Gasteiger partial charge in [0.1, 0.15) is 24.1 Å². The summed E-state index contributed by atoms with van der Waals surface area (Å²) >= 11 is 6.03. The Bertz CT molecular complexity index is 1450. The Morgan fingerprint density at radius 3 is 2.02 bits per heavy atom. The summed E-state index contributed by atoms with van der Waals surface area (Å²) in [7, 11) is -2.65. The van der Waals surface area contributed by atoms with E-state index in [2.05, 4.69) is 5.32 Å². The number of amides is 2. The lowest BCUT2D eigenvalue weighted by Gasteiger charge is -2.33. The van der Waals surface area contributed by atoms with Crippen molar-refractivity contribution in [3.63, 3.8) is 0 Å². The first kappa shape index (κ1) is 33.7.